The molecule has 0 aliphatic rings. The van der Waals surface area contributed by atoms with E-state index in [1.54, 1.807) is 0 Å². The lowest BCUT2D eigenvalue weighted by Gasteiger charge is -2.07. The predicted octanol–water partition coefficient (Wildman–Crippen LogP) is 2.99. The van der Waals surface area contributed by atoms with Crippen molar-refractivity contribution < 1.29 is 8.42 Å². The van der Waals surface area contributed by atoms with Gasteiger partial charge in [-0.05, 0) is 36.4 Å². The molecule has 2 aromatic carbocycles. The molecule has 0 unspecified atom stereocenters. The van der Waals surface area contributed by atoms with Crippen molar-refractivity contribution in [3.05, 3.63) is 46.4 Å². The van der Waals surface area contributed by atoms with Crippen LogP contribution in [0.4, 0.5) is 11.4 Å². The van der Waals surface area contributed by atoms with E-state index in [-0.39, 0.29) is 21.2 Å². The highest BCUT2D eigenvalue weighted by molar-refractivity contribution is 7.91. The first-order valence-corrected chi connectivity index (χ1v) is 7.41. The van der Waals surface area contributed by atoms with E-state index in [2.05, 4.69) is 0 Å². The molecule has 2 rings (SSSR count). The molecule has 0 saturated heterocycles. The van der Waals surface area contributed by atoms with Gasteiger partial charge >= 0.3 is 0 Å². The van der Waals surface area contributed by atoms with Crippen LogP contribution in [-0.4, -0.2) is 8.42 Å². The maximum absolute atomic E-state index is 12.4. The number of hydrogen-bond donors (Lipinski definition) is 2. The minimum Gasteiger partial charge on any atom is -0.397 e. The molecule has 100 valence electrons. The third-order valence-corrected chi connectivity index (χ3v) is 4.99. The summed E-state index contributed by atoms with van der Waals surface area (Å²) >= 11 is 11.5. The Hall–Kier alpha value is -1.43. The molecular formula is C12H10Cl2N2O2S. The zero-order valence-electron chi connectivity index (χ0n) is 9.60. The number of sulfone groups is 1. The Morgan fingerprint density at radius 3 is 1.47 bits per heavy atom. The molecular weight excluding hydrogens is 307 g/mol. The fourth-order valence-electron chi connectivity index (χ4n) is 1.51. The number of anilines is 2. The van der Waals surface area contributed by atoms with Gasteiger partial charge in [0.1, 0.15) is 0 Å². The molecule has 0 aliphatic heterocycles. The first kappa shape index (κ1) is 14.0. The second kappa shape index (κ2) is 4.92. The average Bonchev–Trinajstić information content (AvgIpc) is 2.35. The van der Waals surface area contributed by atoms with Crippen LogP contribution in [0.3, 0.4) is 0 Å². The van der Waals surface area contributed by atoms with Crippen LogP contribution in [0.25, 0.3) is 0 Å². The summed E-state index contributed by atoms with van der Waals surface area (Å²) in [6.07, 6.45) is 0. The standard InChI is InChI=1S/C12H10Cl2N2O2S/c13-9-3-1-7(5-11(9)15)19(17,18)8-2-4-10(14)12(16)6-8/h1-6H,15-16H2. The molecule has 0 saturated carbocycles. The lowest BCUT2D eigenvalue weighted by Crippen LogP contribution is -2.04. The van der Waals surface area contributed by atoms with Gasteiger partial charge in [-0.25, -0.2) is 8.42 Å². The molecule has 0 spiro atoms. The minimum absolute atomic E-state index is 0.0520. The van der Waals surface area contributed by atoms with Gasteiger partial charge in [-0.1, -0.05) is 23.2 Å². The molecule has 0 atom stereocenters. The zero-order chi connectivity index (χ0) is 14.2. The lowest BCUT2D eigenvalue weighted by molar-refractivity contribution is 0.596. The van der Waals surface area contributed by atoms with Crippen LogP contribution in [0, 0.1) is 0 Å². The van der Waals surface area contributed by atoms with Crippen molar-refractivity contribution in [1.82, 2.24) is 0 Å². The average molecular weight is 317 g/mol. The number of halogens is 2. The van der Waals surface area contributed by atoms with Gasteiger partial charge in [-0.3, -0.25) is 0 Å². The van der Waals surface area contributed by atoms with Gasteiger partial charge in [0.15, 0.2) is 0 Å². The summed E-state index contributed by atoms with van der Waals surface area (Å²) in [4.78, 5) is 0.104. The predicted molar refractivity (Wildman–Crippen MR) is 77.2 cm³/mol. The van der Waals surface area contributed by atoms with Crippen molar-refractivity contribution in [3.63, 3.8) is 0 Å². The monoisotopic (exact) mass is 316 g/mol. The van der Waals surface area contributed by atoms with E-state index >= 15 is 0 Å². The van der Waals surface area contributed by atoms with Crippen LogP contribution in [-0.2, 0) is 9.84 Å². The smallest absolute Gasteiger partial charge is 0.206 e. The number of benzene rings is 2. The molecule has 0 radical (unpaired) electrons. The molecule has 2 aromatic rings. The van der Waals surface area contributed by atoms with E-state index < -0.39 is 9.84 Å². The number of rotatable bonds is 2. The van der Waals surface area contributed by atoms with Gasteiger partial charge in [0.25, 0.3) is 0 Å². The summed E-state index contributed by atoms with van der Waals surface area (Å²) in [6.45, 7) is 0. The van der Waals surface area contributed by atoms with Crippen molar-refractivity contribution in [2.45, 2.75) is 9.79 Å². The molecule has 0 aliphatic carbocycles. The summed E-state index contributed by atoms with van der Waals surface area (Å²) < 4.78 is 24.7. The molecule has 0 heterocycles. The van der Waals surface area contributed by atoms with Crippen molar-refractivity contribution in [1.29, 1.82) is 0 Å². The number of hydrogen-bond acceptors (Lipinski definition) is 4. The van der Waals surface area contributed by atoms with Crippen LogP contribution in [0.1, 0.15) is 0 Å². The summed E-state index contributed by atoms with van der Waals surface area (Å²) in [5.74, 6) is 0. The summed E-state index contributed by atoms with van der Waals surface area (Å²) in [7, 11) is -3.69. The second-order valence-corrected chi connectivity index (χ2v) is 6.63. The first-order valence-electron chi connectivity index (χ1n) is 5.17. The molecule has 7 heteroatoms. The first-order chi connectivity index (χ1) is 8.82. The van der Waals surface area contributed by atoms with E-state index in [4.69, 9.17) is 34.7 Å². The van der Waals surface area contributed by atoms with E-state index in [0.29, 0.717) is 10.0 Å². The Morgan fingerprint density at radius 2 is 1.16 bits per heavy atom. The van der Waals surface area contributed by atoms with E-state index in [1.165, 1.54) is 36.4 Å². The third kappa shape index (κ3) is 2.63. The fraction of sp³-hybridized carbons (Fsp3) is 0. The van der Waals surface area contributed by atoms with Crippen molar-refractivity contribution in [3.8, 4) is 0 Å². The van der Waals surface area contributed by atoms with Gasteiger partial charge in [-0.15, -0.1) is 0 Å². The minimum atomic E-state index is -3.69. The molecule has 0 aromatic heterocycles. The van der Waals surface area contributed by atoms with Gasteiger partial charge in [0.2, 0.25) is 9.84 Å². The van der Waals surface area contributed by atoms with E-state index in [0.717, 1.165) is 0 Å². The Kier molecular flexibility index (Phi) is 3.62. The Balaban J connectivity index is 2.58. The summed E-state index contributed by atoms with van der Waals surface area (Å²) in [6, 6.07) is 8.26. The Morgan fingerprint density at radius 1 is 0.789 bits per heavy atom. The summed E-state index contributed by atoms with van der Waals surface area (Å²) in [5, 5.41) is 0.601. The van der Waals surface area contributed by atoms with Crippen molar-refractivity contribution in [2.75, 3.05) is 11.5 Å². The highest BCUT2D eigenvalue weighted by Crippen LogP contribution is 2.29. The van der Waals surface area contributed by atoms with Crippen molar-refractivity contribution >= 4 is 44.4 Å². The lowest BCUT2D eigenvalue weighted by atomic mass is 10.3. The molecule has 0 bridgehead atoms. The fourth-order valence-corrected chi connectivity index (χ4v) is 3.08. The van der Waals surface area contributed by atoms with Gasteiger partial charge < -0.3 is 11.5 Å². The van der Waals surface area contributed by atoms with Crippen LogP contribution in [0.15, 0.2) is 46.2 Å². The van der Waals surface area contributed by atoms with Crippen LogP contribution in [0.5, 0.6) is 0 Å². The second-order valence-electron chi connectivity index (χ2n) is 3.87. The number of nitrogen functional groups attached to an aromatic ring is 2. The Bertz CT molecular complexity index is 688. The maximum atomic E-state index is 12.4. The van der Waals surface area contributed by atoms with Gasteiger partial charge in [0.05, 0.1) is 31.2 Å². The van der Waals surface area contributed by atoms with Crippen LogP contribution < -0.4 is 11.5 Å². The van der Waals surface area contributed by atoms with E-state index in [1.807, 2.05) is 0 Å². The number of nitrogens with two attached hydrogens (primary N) is 2. The van der Waals surface area contributed by atoms with Crippen LogP contribution in [0.2, 0.25) is 10.0 Å². The summed E-state index contributed by atoms with van der Waals surface area (Å²) in [5.41, 5.74) is 11.6. The SMILES string of the molecule is Nc1cc(S(=O)(=O)c2ccc(Cl)c(N)c2)ccc1Cl. The third-order valence-electron chi connectivity index (χ3n) is 2.56. The maximum Gasteiger partial charge on any atom is 0.206 e. The normalized spacial score (nSPS) is 11.5. The molecule has 0 amide bonds. The molecule has 0 fully saturated rings. The van der Waals surface area contributed by atoms with Crippen LogP contribution >= 0.6 is 23.2 Å². The quantitative estimate of drug-likeness (QED) is 0.834. The zero-order valence-corrected chi connectivity index (χ0v) is 11.9. The molecule has 4 N–H and O–H groups in total. The largest absolute Gasteiger partial charge is 0.397 e. The molecule has 4 nitrogen and oxygen atoms in total. The van der Waals surface area contributed by atoms with E-state index in [9.17, 15) is 8.42 Å². The van der Waals surface area contributed by atoms with Gasteiger partial charge in [-0.2, -0.15) is 0 Å². The van der Waals surface area contributed by atoms with Crippen molar-refractivity contribution in [2.24, 2.45) is 0 Å². The topological polar surface area (TPSA) is 86.2 Å². The highest BCUT2D eigenvalue weighted by atomic mass is 35.5. The Labute approximate surface area is 120 Å². The highest BCUT2D eigenvalue weighted by Gasteiger charge is 2.19. The van der Waals surface area contributed by atoms with Gasteiger partial charge in [0, 0.05) is 0 Å². The molecule has 19 heavy (non-hydrogen) atoms.